The van der Waals surface area contributed by atoms with Gasteiger partial charge in [0.25, 0.3) is 5.91 Å². The number of rotatable bonds is 6. The lowest BCUT2D eigenvalue weighted by Crippen LogP contribution is -2.11. The standard InChI is InChI=1S/C19H17N3OS/c1-2-11-20-19-22-17(13-24-19)15-9-6-10-16(12-15)21-18(23)14-7-4-3-5-8-14/h2-10,12-13H,1,11H2,(H,20,22)(H,21,23). The van der Waals surface area contributed by atoms with Crippen molar-refractivity contribution in [1.82, 2.24) is 4.98 Å². The Morgan fingerprint density at radius 1 is 1.17 bits per heavy atom. The Balaban J connectivity index is 1.75. The SMILES string of the molecule is C=CCNc1nc(-c2cccc(NC(=O)c3ccccc3)c2)cs1. The maximum Gasteiger partial charge on any atom is 0.255 e. The van der Waals surface area contributed by atoms with Crippen LogP contribution in [0.15, 0.2) is 72.6 Å². The van der Waals surface area contributed by atoms with Gasteiger partial charge in [0.2, 0.25) is 0 Å². The molecule has 1 amide bonds. The van der Waals surface area contributed by atoms with Gasteiger partial charge in [0.05, 0.1) is 5.69 Å². The van der Waals surface area contributed by atoms with Gasteiger partial charge in [-0.2, -0.15) is 0 Å². The monoisotopic (exact) mass is 335 g/mol. The van der Waals surface area contributed by atoms with Crippen LogP contribution in [0.25, 0.3) is 11.3 Å². The second kappa shape index (κ2) is 7.57. The molecule has 1 aromatic heterocycles. The number of carbonyl (C=O) groups excluding carboxylic acids is 1. The van der Waals surface area contributed by atoms with E-state index in [4.69, 9.17) is 0 Å². The summed E-state index contributed by atoms with van der Waals surface area (Å²) in [7, 11) is 0. The minimum atomic E-state index is -0.126. The average molecular weight is 335 g/mol. The van der Waals surface area contributed by atoms with E-state index in [0.29, 0.717) is 12.1 Å². The number of benzene rings is 2. The van der Waals surface area contributed by atoms with Crippen molar-refractivity contribution in [2.75, 3.05) is 17.2 Å². The molecule has 0 aliphatic carbocycles. The predicted molar refractivity (Wildman–Crippen MR) is 101 cm³/mol. The molecule has 0 saturated carbocycles. The predicted octanol–water partition coefficient (Wildman–Crippen LogP) is 4.66. The largest absolute Gasteiger partial charge is 0.358 e. The Kier molecular flexibility index (Phi) is 5.03. The lowest BCUT2D eigenvalue weighted by molar-refractivity contribution is 0.102. The molecule has 2 N–H and O–H groups in total. The van der Waals surface area contributed by atoms with Gasteiger partial charge >= 0.3 is 0 Å². The van der Waals surface area contributed by atoms with Crippen molar-refractivity contribution >= 4 is 28.1 Å². The van der Waals surface area contributed by atoms with Gasteiger partial charge in [-0.1, -0.05) is 36.4 Å². The number of thiazole rings is 1. The molecule has 0 aliphatic rings. The zero-order valence-corrected chi connectivity index (χ0v) is 13.8. The number of nitrogens with zero attached hydrogens (tertiary/aromatic N) is 1. The Labute approximate surface area is 144 Å². The van der Waals surface area contributed by atoms with E-state index in [2.05, 4.69) is 22.2 Å². The van der Waals surface area contributed by atoms with Gasteiger partial charge in [-0.15, -0.1) is 17.9 Å². The number of amides is 1. The summed E-state index contributed by atoms with van der Waals surface area (Å²) in [6, 6.07) is 16.8. The second-order valence-electron chi connectivity index (χ2n) is 5.11. The quantitative estimate of drug-likeness (QED) is 0.644. The first-order valence-corrected chi connectivity index (χ1v) is 8.41. The molecule has 24 heavy (non-hydrogen) atoms. The first-order chi connectivity index (χ1) is 11.8. The first kappa shape index (κ1) is 16.0. The molecule has 0 fully saturated rings. The fourth-order valence-corrected chi connectivity index (χ4v) is 2.93. The summed E-state index contributed by atoms with van der Waals surface area (Å²) in [6.07, 6.45) is 1.79. The van der Waals surface area contributed by atoms with Gasteiger partial charge in [-0.05, 0) is 24.3 Å². The highest BCUT2D eigenvalue weighted by molar-refractivity contribution is 7.14. The van der Waals surface area contributed by atoms with Crippen molar-refractivity contribution in [1.29, 1.82) is 0 Å². The third-order valence-corrected chi connectivity index (χ3v) is 4.15. The Morgan fingerprint density at radius 2 is 2.00 bits per heavy atom. The summed E-state index contributed by atoms with van der Waals surface area (Å²) >= 11 is 1.54. The fourth-order valence-electron chi connectivity index (χ4n) is 2.20. The summed E-state index contributed by atoms with van der Waals surface area (Å²) in [6.45, 7) is 4.36. The normalized spacial score (nSPS) is 10.2. The van der Waals surface area contributed by atoms with Crippen molar-refractivity contribution in [3.05, 3.63) is 78.2 Å². The van der Waals surface area contributed by atoms with E-state index in [1.54, 1.807) is 29.5 Å². The van der Waals surface area contributed by atoms with Crippen molar-refractivity contribution in [2.24, 2.45) is 0 Å². The lowest BCUT2D eigenvalue weighted by atomic mass is 10.1. The highest BCUT2D eigenvalue weighted by Gasteiger charge is 2.08. The van der Waals surface area contributed by atoms with E-state index in [1.807, 2.05) is 47.8 Å². The summed E-state index contributed by atoms with van der Waals surface area (Å²) in [5.41, 5.74) is 3.22. The minimum Gasteiger partial charge on any atom is -0.358 e. The van der Waals surface area contributed by atoms with Crippen molar-refractivity contribution in [3.63, 3.8) is 0 Å². The Morgan fingerprint density at radius 3 is 2.79 bits per heavy atom. The van der Waals surface area contributed by atoms with Crippen LogP contribution >= 0.6 is 11.3 Å². The van der Waals surface area contributed by atoms with Crippen LogP contribution in [-0.2, 0) is 0 Å². The molecule has 0 spiro atoms. The highest BCUT2D eigenvalue weighted by atomic mass is 32.1. The molecule has 1 heterocycles. The molecule has 0 aliphatic heterocycles. The van der Waals surface area contributed by atoms with Gasteiger partial charge in [0, 0.05) is 28.7 Å². The zero-order valence-electron chi connectivity index (χ0n) is 13.0. The van der Waals surface area contributed by atoms with Crippen LogP contribution < -0.4 is 10.6 Å². The number of hydrogen-bond acceptors (Lipinski definition) is 4. The van der Waals surface area contributed by atoms with Crippen LogP contribution in [0, 0.1) is 0 Å². The van der Waals surface area contributed by atoms with Crippen molar-refractivity contribution < 1.29 is 4.79 Å². The first-order valence-electron chi connectivity index (χ1n) is 7.53. The van der Waals surface area contributed by atoms with Gasteiger partial charge in [-0.25, -0.2) is 4.98 Å². The van der Waals surface area contributed by atoms with Crippen LogP contribution in [0.1, 0.15) is 10.4 Å². The van der Waals surface area contributed by atoms with Crippen LogP contribution in [0.3, 0.4) is 0 Å². The smallest absolute Gasteiger partial charge is 0.255 e. The van der Waals surface area contributed by atoms with E-state index in [-0.39, 0.29) is 5.91 Å². The van der Waals surface area contributed by atoms with Crippen LogP contribution in [0.4, 0.5) is 10.8 Å². The lowest BCUT2D eigenvalue weighted by Gasteiger charge is -2.06. The molecule has 0 atom stereocenters. The summed E-state index contributed by atoms with van der Waals surface area (Å²) < 4.78 is 0. The van der Waals surface area contributed by atoms with Crippen LogP contribution in [-0.4, -0.2) is 17.4 Å². The molecule has 2 aromatic carbocycles. The summed E-state index contributed by atoms with van der Waals surface area (Å²) in [5.74, 6) is -0.126. The van der Waals surface area contributed by atoms with E-state index >= 15 is 0 Å². The third-order valence-electron chi connectivity index (χ3n) is 3.35. The molecule has 0 radical (unpaired) electrons. The molecular formula is C19H17N3OS. The second-order valence-corrected chi connectivity index (χ2v) is 5.97. The van der Waals surface area contributed by atoms with E-state index in [0.717, 1.165) is 22.1 Å². The highest BCUT2D eigenvalue weighted by Crippen LogP contribution is 2.26. The number of hydrogen-bond donors (Lipinski definition) is 2. The summed E-state index contributed by atoms with van der Waals surface area (Å²) in [4.78, 5) is 16.8. The summed E-state index contributed by atoms with van der Waals surface area (Å²) in [5, 5.41) is 8.93. The van der Waals surface area contributed by atoms with Crippen molar-refractivity contribution in [3.8, 4) is 11.3 Å². The van der Waals surface area contributed by atoms with Crippen molar-refractivity contribution in [2.45, 2.75) is 0 Å². The van der Waals surface area contributed by atoms with Crippen LogP contribution in [0.5, 0.6) is 0 Å². The molecule has 120 valence electrons. The molecule has 3 aromatic rings. The van der Waals surface area contributed by atoms with Crippen LogP contribution in [0.2, 0.25) is 0 Å². The van der Waals surface area contributed by atoms with Gasteiger partial charge in [0.15, 0.2) is 5.13 Å². The average Bonchev–Trinajstić information content (AvgIpc) is 3.10. The van der Waals surface area contributed by atoms with E-state index in [1.165, 1.54) is 0 Å². The Bertz CT molecular complexity index is 843. The topological polar surface area (TPSA) is 54.0 Å². The van der Waals surface area contributed by atoms with E-state index in [9.17, 15) is 4.79 Å². The molecule has 0 saturated heterocycles. The third kappa shape index (κ3) is 3.88. The molecular weight excluding hydrogens is 318 g/mol. The zero-order chi connectivity index (χ0) is 16.8. The van der Waals surface area contributed by atoms with Gasteiger partial charge < -0.3 is 10.6 Å². The molecule has 0 unspecified atom stereocenters. The molecule has 0 bridgehead atoms. The molecule has 3 rings (SSSR count). The molecule has 5 heteroatoms. The maximum atomic E-state index is 12.2. The van der Waals surface area contributed by atoms with Gasteiger partial charge in [0.1, 0.15) is 0 Å². The van der Waals surface area contributed by atoms with Gasteiger partial charge in [-0.3, -0.25) is 4.79 Å². The number of aromatic nitrogens is 1. The number of anilines is 2. The number of nitrogens with one attached hydrogen (secondary N) is 2. The molecule has 4 nitrogen and oxygen atoms in total. The van der Waals surface area contributed by atoms with E-state index < -0.39 is 0 Å². The number of carbonyl (C=O) groups is 1. The fraction of sp³-hybridized carbons (Fsp3) is 0.0526. The minimum absolute atomic E-state index is 0.126. The maximum absolute atomic E-state index is 12.2. The Hall–Kier alpha value is -2.92.